The fourth-order valence-electron chi connectivity index (χ4n) is 2.92. The molecule has 0 amide bonds. The third kappa shape index (κ3) is 3.27. The van der Waals surface area contributed by atoms with Crippen LogP contribution in [0.3, 0.4) is 0 Å². The molecule has 1 unspecified atom stereocenters. The van der Waals surface area contributed by atoms with E-state index in [-0.39, 0.29) is 0 Å². The lowest BCUT2D eigenvalue weighted by molar-refractivity contribution is 0.0822. The van der Waals surface area contributed by atoms with Gasteiger partial charge in [0, 0.05) is 0 Å². The van der Waals surface area contributed by atoms with Crippen LogP contribution in [-0.2, 0) is 5.60 Å². The Morgan fingerprint density at radius 2 is 1.77 bits per heavy atom. The van der Waals surface area contributed by atoms with Crippen LogP contribution < -0.4 is 4.74 Å². The van der Waals surface area contributed by atoms with Gasteiger partial charge in [-0.2, -0.15) is 0 Å². The fourth-order valence-corrected chi connectivity index (χ4v) is 2.92. The quantitative estimate of drug-likeness (QED) is 0.786. The summed E-state index contributed by atoms with van der Waals surface area (Å²) in [5, 5.41) is 10.4. The molecule has 0 spiro atoms. The first kappa shape index (κ1) is 16.4. The molecular weight excluding hydrogens is 272 g/mol. The highest BCUT2D eigenvalue weighted by Gasteiger charge is 2.28. The van der Waals surface area contributed by atoms with Crippen LogP contribution in [0, 0.1) is 6.92 Å². The van der Waals surface area contributed by atoms with Crippen molar-refractivity contribution in [3.63, 3.8) is 0 Å². The molecule has 22 heavy (non-hydrogen) atoms. The van der Waals surface area contributed by atoms with E-state index >= 15 is 0 Å². The van der Waals surface area contributed by atoms with Crippen LogP contribution in [0.15, 0.2) is 42.5 Å². The SMILES string of the molecule is CCC(C)(Oc1ccccc1)c1cc(C)c(C(C)C)c(O)c1. The molecule has 0 aliphatic rings. The largest absolute Gasteiger partial charge is 0.508 e. The summed E-state index contributed by atoms with van der Waals surface area (Å²) in [4.78, 5) is 0. The van der Waals surface area contributed by atoms with Crippen LogP contribution in [0.1, 0.15) is 56.7 Å². The van der Waals surface area contributed by atoms with E-state index in [1.807, 2.05) is 36.4 Å². The van der Waals surface area contributed by atoms with Gasteiger partial charge in [0.2, 0.25) is 0 Å². The van der Waals surface area contributed by atoms with Gasteiger partial charge in [-0.1, -0.05) is 45.0 Å². The molecule has 0 fully saturated rings. The van der Waals surface area contributed by atoms with Crippen molar-refractivity contribution in [1.29, 1.82) is 0 Å². The maximum atomic E-state index is 10.4. The van der Waals surface area contributed by atoms with E-state index < -0.39 is 5.60 Å². The topological polar surface area (TPSA) is 29.5 Å². The predicted molar refractivity (Wildman–Crippen MR) is 91.6 cm³/mol. The normalized spacial score (nSPS) is 13.9. The van der Waals surface area contributed by atoms with Gasteiger partial charge in [-0.15, -0.1) is 0 Å². The number of hydrogen-bond acceptors (Lipinski definition) is 2. The van der Waals surface area contributed by atoms with E-state index in [9.17, 15) is 5.11 Å². The summed E-state index contributed by atoms with van der Waals surface area (Å²) in [7, 11) is 0. The number of rotatable bonds is 5. The van der Waals surface area contributed by atoms with Crippen molar-refractivity contribution >= 4 is 0 Å². The molecule has 118 valence electrons. The van der Waals surface area contributed by atoms with Crippen molar-refractivity contribution in [3.8, 4) is 11.5 Å². The van der Waals surface area contributed by atoms with E-state index in [1.165, 1.54) is 0 Å². The zero-order valence-electron chi connectivity index (χ0n) is 14.2. The van der Waals surface area contributed by atoms with Crippen molar-refractivity contribution in [2.24, 2.45) is 0 Å². The number of para-hydroxylation sites is 1. The van der Waals surface area contributed by atoms with Gasteiger partial charge >= 0.3 is 0 Å². The van der Waals surface area contributed by atoms with E-state index in [4.69, 9.17) is 4.74 Å². The lowest BCUT2D eigenvalue weighted by Gasteiger charge is -2.31. The molecule has 0 saturated heterocycles. The van der Waals surface area contributed by atoms with Gasteiger partial charge in [0.05, 0.1) is 0 Å². The molecule has 0 radical (unpaired) electrons. The summed E-state index contributed by atoms with van der Waals surface area (Å²) in [6.07, 6.45) is 0.821. The highest BCUT2D eigenvalue weighted by Crippen LogP contribution is 2.37. The molecule has 0 aliphatic heterocycles. The minimum Gasteiger partial charge on any atom is -0.508 e. The number of hydrogen-bond donors (Lipinski definition) is 1. The Kier molecular flexibility index (Phi) is 4.80. The van der Waals surface area contributed by atoms with Gasteiger partial charge in [-0.25, -0.2) is 0 Å². The number of aromatic hydroxyl groups is 1. The third-order valence-corrected chi connectivity index (χ3v) is 4.31. The van der Waals surface area contributed by atoms with E-state index in [1.54, 1.807) is 0 Å². The van der Waals surface area contributed by atoms with Crippen LogP contribution in [0.5, 0.6) is 11.5 Å². The van der Waals surface area contributed by atoms with Gasteiger partial charge in [0.25, 0.3) is 0 Å². The Hall–Kier alpha value is -1.96. The molecule has 2 heteroatoms. The zero-order chi connectivity index (χ0) is 16.3. The predicted octanol–water partition coefficient (Wildman–Crippen LogP) is 5.53. The molecule has 0 saturated carbocycles. The third-order valence-electron chi connectivity index (χ3n) is 4.31. The highest BCUT2D eigenvalue weighted by molar-refractivity contribution is 5.46. The van der Waals surface area contributed by atoms with Gasteiger partial charge in [-0.05, 0) is 61.1 Å². The minimum absolute atomic E-state index is 0.303. The average Bonchev–Trinajstić information content (AvgIpc) is 2.47. The second kappa shape index (κ2) is 6.43. The number of phenolic OH excluding ortho intramolecular Hbond substituents is 1. The van der Waals surface area contributed by atoms with Gasteiger partial charge < -0.3 is 9.84 Å². The van der Waals surface area contributed by atoms with E-state index in [0.29, 0.717) is 11.7 Å². The highest BCUT2D eigenvalue weighted by atomic mass is 16.5. The summed E-state index contributed by atoms with van der Waals surface area (Å²) in [6, 6.07) is 13.8. The Balaban J connectivity index is 2.43. The van der Waals surface area contributed by atoms with Crippen molar-refractivity contribution in [3.05, 3.63) is 59.2 Å². The molecule has 2 aromatic rings. The van der Waals surface area contributed by atoms with Crippen molar-refractivity contribution in [1.82, 2.24) is 0 Å². The minimum atomic E-state index is -0.459. The van der Waals surface area contributed by atoms with Gasteiger partial charge in [0.15, 0.2) is 0 Å². The molecule has 1 N–H and O–H groups in total. The van der Waals surface area contributed by atoms with Crippen LogP contribution in [0.25, 0.3) is 0 Å². The lowest BCUT2D eigenvalue weighted by atomic mass is 9.87. The van der Waals surface area contributed by atoms with Crippen LogP contribution in [-0.4, -0.2) is 5.11 Å². The Morgan fingerprint density at radius 3 is 2.27 bits per heavy atom. The molecule has 1 atom stereocenters. The molecule has 0 aromatic heterocycles. The average molecular weight is 298 g/mol. The molecule has 0 bridgehead atoms. The lowest BCUT2D eigenvalue weighted by Crippen LogP contribution is -2.28. The smallest absolute Gasteiger partial charge is 0.131 e. The Labute approximate surface area is 133 Å². The second-order valence-corrected chi connectivity index (χ2v) is 6.38. The van der Waals surface area contributed by atoms with Crippen molar-refractivity contribution in [2.45, 2.75) is 52.6 Å². The first-order valence-corrected chi connectivity index (χ1v) is 7.95. The molecule has 2 rings (SSSR count). The fraction of sp³-hybridized carbons (Fsp3) is 0.400. The summed E-state index contributed by atoms with van der Waals surface area (Å²) in [5.74, 6) is 1.51. The molecule has 2 nitrogen and oxygen atoms in total. The van der Waals surface area contributed by atoms with Gasteiger partial charge in [0.1, 0.15) is 17.1 Å². The van der Waals surface area contributed by atoms with Crippen LogP contribution in [0.4, 0.5) is 0 Å². The summed E-state index contributed by atoms with van der Waals surface area (Å²) < 4.78 is 6.24. The van der Waals surface area contributed by atoms with Crippen LogP contribution >= 0.6 is 0 Å². The molecular formula is C20H26O2. The number of phenols is 1. The van der Waals surface area contributed by atoms with Gasteiger partial charge in [-0.3, -0.25) is 0 Å². The van der Waals surface area contributed by atoms with Crippen molar-refractivity contribution < 1.29 is 9.84 Å². The maximum absolute atomic E-state index is 10.4. The number of aryl methyl sites for hydroxylation is 1. The Bertz CT molecular complexity index is 608. The monoisotopic (exact) mass is 298 g/mol. The standard InChI is InChI=1S/C20H26O2/c1-6-20(5,22-17-10-8-7-9-11-17)16-12-15(4)19(14(2)3)18(21)13-16/h7-14,21H,6H2,1-5H3. The zero-order valence-corrected chi connectivity index (χ0v) is 14.2. The second-order valence-electron chi connectivity index (χ2n) is 6.38. The van der Waals surface area contributed by atoms with E-state index in [2.05, 4.69) is 40.7 Å². The van der Waals surface area contributed by atoms with Crippen LogP contribution in [0.2, 0.25) is 0 Å². The molecule has 0 aliphatic carbocycles. The van der Waals surface area contributed by atoms with E-state index in [0.717, 1.165) is 28.9 Å². The first-order valence-electron chi connectivity index (χ1n) is 7.95. The number of benzene rings is 2. The first-order chi connectivity index (χ1) is 10.4. The van der Waals surface area contributed by atoms with Crippen molar-refractivity contribution in [2.75, 3.05) is 0 Å². The Morgan fingerprint density at radius 1 is 1.14 bits per heavy atom. The molecule has 2 aromatic carbocycles. The summed E-state index contributed by atoms with van der Waals surface area (Å²) >= 11 is 0. The number of ether oxygens (including phenoxy) is 1. The summed E-state index contributed by atoms with van der Waals surface area (Å²) in [5.41, 5.74) is 2.68. The summed E-state index contributed by atoms with van der Waals surface area (Å²) in [6.45, 7) is 10.4. The maximum Gasteiger partial charge on any atom is 0.131 e. The molecule has 0 heterocycles.